The number of rotatable bonds is 3. The van der Waals surface area contributed by atoms with Crippen molar-refractivity contribution in [2.75, 3.05) is 19.0 Å². The van der Waals surface area contributed by atoms with Crippen LogP contribution in [0.4, 0.5) is 10.2 Å². The van der Waals surface area contributed by atoms with Crippen molar-refractivity contribution in [1.82, 2.24) is 19.5 Å². The minimum Gasteiger partial charge on any atom is -0.363 e. The molecule has 0 atom stereocenters. The number of pyridine rings is 2. The third-order valence-corrected chi connectivity index (χ3v) is 4.00. The van der Waals surface area contributed by atoms with E-state index < -0.39 is 0 Å². The van der Waals surface area contributed by atoms with Gasteiger partial charge in [0.25, 0.3) is 0 Å². The van der Waals surface area contributed by atoms with Crippen molar-refractivity contribution in [2.45, 2.75) is 0 Å². The quantitative estimate of drug-likeness (QED) is 0.574. The summed E-state index contributed by atoms with van der Waals surface area (Å²) in [6, 6.07) is 12.1. The third-order valence-electron chi connectivity index (χ3n) is 4.00. The van der Waals surface area contributed by atoms with Gasteiger partial charge in [0.2, 0.25) is 0 Å². The van der Waals surface area contributed by atoms with Crippen LogP contribution in [0.3, 0.4) is 0 Å². The first-order valence-electron chi connectivity index (χ1n) is 7.85. The summed E-state index contributed by atoms with van der Waals surface area (Å²) in [7, 11) is 3.89. The Kier molecular flexibility index (Phi) is 3.65. The summed E-state index contributed by atoms with van der Waals surface area (Å²) in [5.74, 6) is 1.33. The smallest absolute Gasteiger partial charge is 0.145 e. The molecule has 1 aromatic carbocycles. The molecular weight excluding hydrogens is 317 g/mol. The summed E-state index contributed by atoms with van der Waals surface area (Å²) in [4.78, 5) is 15.3. The number of nitrogens with zero attached hydrogens (tertiary/aromatic N) is 5. The predicted octanol–water partition coefficient (Wildman–Crippen LogP) is 3.69. The molecule has 0 saturated carbocycles. The lowest BCUT2D eigenvalue weighted by molar-refractivity contribution is 0.627. The van der Waals surface area contributed by atoms with E-state index in [1.807, 2.05) is 41.8 Å². The molecule has 0 N–H and O–H groups in total. The zero-order valence-corrected chi connectivity index (χ0v) is 13.9. The molecule has 0 aliphatic rings. The Morgan fingerprint density at radius 2 is 1.80 bits per heavy atom. The van der Waals surface area contributed by atoms with Gasteiger partial charge < -0.3 is 4.90 Å². The van der Waals surface area contributed by atoms with Gasteiger partial charge in [-0.1, -0.05) is 0 Å². The van der Waals surface area contributed by atoms with Crippen LogP contribution >= 0.6 is 0 Å². The number of halogens is 1. The van der Waals surface area contributed by atoms with Crippen molar-refractivity contribution in [3.8, 4) is 17.1 Å². The van der Waals surface area contributed by atoms with Gasteiger partial charge >= 0.3 is 0 Å². The molecule has 4 rings (SSSR count). The molecule has 124 valence electrons. The first kappa shape index (κ1) is 15.3. The van der Waals surface area contributed by atoms with E-state index in [0.29, 0.717) is 0 Å². The summed E-state index contributed by atoms with van der Waals surface area (Å²) >= 11 is 0. The Morgan fingerprint density at radius 3 is 2.56 bits per heavy atom. The van der Waals surface area contributed by atoms with Crippen LogP contribution < -0.4 is 4.90 Å². The number of benzene rings is 1. The van der Waals surface area contributed by atoms with E-state index in [4.69, 9.17) is 4.98 Å². The van der Waals surface area contributed by atoms with E-state index in [0.717, 1.165) is 33.9 Å². The van der Waals surface area contributed by atoms with Crippen LogP contribution in [0.1, 0.15) is 0 Å². The standard InChI is InChI=1S/C19H16FN5/c1-24(2)18-11-13(7-10-22-18)19-23-16-8-9-21-12-17(16)25(19)15-5-3-14(20)4-6-15/h3-12H,1-2H3. The molecule has 0 fully saturated rings. The molecule has 6 heteroatoms. The average Bonchev–Trinajstić information content (AvgIpc) is 3.02. The van der Waals surface area contributed by atoms with E-state index in [2.05, 4.69) is 9.97 Å². The molecular formula is C19H16FN5. The third kappa shape index (κ3) is 2.71. The van der Waals surface area contributed by atoms with Gasteiger partial charge in [0.05, 0.1) is 17.2 Å². The fourth-order valence-electron chi connectivity index (χ4n) is 2.77. The van der Waals surface area contributed by atoms with E-state index in [1.54, 1.807) is 30.7 Å². The maximum atomic E-state index is 13.4. The van der Waals surface area contributed by atoms with Gasteiger partial charge in [-0.05, 0) is 42.5 Å². The Labute approximate surface area is 144 Å². The SMILES string of the molecule is CN(C)c1cc(-c2nc3ccncc3n2-c2ccc(F)cc2)ccn1. The zero-order chi connectivity index (χ0) is 17.4. The molecule has 0 unspecified atom stereocenters. The van der Waals surface area contributed by atoms with Crippen molar-refractivity contribution in [2.24, 2.45) is 0 Å². The highest BCUT2D eigenvalue weighted by molar-refractivity contribution is 5.82. The van der Waals surface area contributed by atoms with E-state index in [1.165, 1.54) is 12.1 Å². The molecule has 3 heterocycles. The van der Waals surface area contributed by atoms with Gasteiger partial charge in [0.1, 0.15) is 17.5 Å². The van der Waals surface area contributed by atoms with E-state index in [-0.39, 0.29) is 5.82 Å². The molecule has 0 aliphatic carbocycles. The first-order valence-corrected chi connectivity index (χ1v) is 7.85. The molecule has 3 aromatic heterocycles. The number of fused-ring (bicyclic) bond motifs is 1. The van der Waals surface area contributed by atoms with E-state index in [9.17, 15) is 4.39 Å². The van der Waals surface area contributed by atoms with Gasteiger partial charge in [-0.3, -0.25) is 9.55 Å². The van der Waals surface area contributed by atoms with Crippen LogP contribution in [0.15, 0.2) is 61.1 Å². The number of imidazole rings is 1. The van der Waals surface area contributed by atoms with Crippen molar-refractivity contribution in [3.05, 3.63) is 66.9 Å². The van der Waals surface area contributed by atoms with Crippen molar-refractivity contribution in [1.29, 1.82) is 0 Å². The van der Waals surface area contributed by atoms with Gasteiger partial charge in [0, 0.05) is 37.7 Å². The Hall–Kier alpha value is -3.28. The average molecular weight is 333 g/mol. The molecule has 0 amide bonds. The second kappa shape index (κ2) is 5.98. The van der Waals surface area contributed by atoms with Gasteiger partial charge in [0.15, 0.2) is 0 Å². The lowest BCUT2D eigenvalue weighted by atomic mass is 10.2. The van der Waals surface area contributed by atoms with Crippen LogP contribution in [0.25, 0.3) is 28.1 Å². The molecule has 4 aromatic rings. The minimum atomic E-state index is -0.272. The topological polar surface area (TPSA) is 46.8 Å². The van der Waals surface area contributed by atoms with Crippen LogP contribution in [0.2, 0.25) is 0 Å². The van der Waals surface area contributed by atoms with Crippen molar-refractivity contribution >= 4 is 16.9 Å². The lowest BCUT2D eigenvalue weighted by Gasteiger charge is -2.13. The molecule has 0 radical (unpaired) electrons. The minimum absolute atomic E-state index is 0.272. The summed E-state index contributed by atoms with van der Waals surface area (Å²) in [5, 5.41) is 0. The van der Waals surface area contributed by atoms with Crippen LogP contribution in [-0.4, -0.2) is 33.6 Å². The molecule has 0 aliphatic heterocycles. The Morgan fingerprint density at radius 1 is 1.00 bits per heavy atom. The van der Waals surface area contributed by atoms with Gasteiger partial charge in [-0.2, -0.15) is 0 Å². The van der Waals surface area contributed by atoms with Crippen LogP contribution in [0, 0.1) is 5.82 Å². The highest BCUT2D eigenvalue weighted by Crippen LogP contribution is 2.29. The Bertz CT molecular complexity index is 1040. The highest BCUT2D eigenvalue weighted by atomic mass is 19.1. The fraction of sp³-hybridized carbons (Fsp3) is 0.105. The normalized spacial score (nSPS) is 11.0. The highest BCUT2D eigenvalue weighted by Gasteiger charge is 2.15. The summed E-state index contributed by atoms with van der Waals surface area (Å²) in [5.41, 5.74) is 3.46. The van der Waals surface area contributed by atoms with Gasteiger partial charge in [-0.15, -0.1) is 0 Å². The predicted molar refractivity (Wildman–Crippen MR) is 96.4 cm³/mol. The molecule has 5 nitrogen and oxygen atoms in total. The maximum absolute atomic E-state index is 13.4. The van der Waals surface area contributed by atoms with Gasteiger partial charge in [-0.25, -0.2) is 14.4 Å². The number of aromatic nitrogens is 4. The van der Waals surface area contributed by atoms with Crippen LogP contribution in [-0.2, 0) is 0 Å². The van der Waals surface area contributed by atoms with E-state index >= 15 is 0 Å². The molecule has 25 heavy (non-hydrogen) atoms. The number of anilines is 1. The Balaban J connectivity index is 1.99. The maximum Gasteiger partial charge on any atom is 0.145 e. The summed E-state index contributed by atoms with van der Waals surface area (Å²) in [6.07, 6.45) is 5.24. The second-order valence-electron chi connectivity index (χ2n) is 5.91. The zero-order valence-electron chi connectivity index (χ0n) is 13.9. The second-order valence-corrected chi connectivity index (χ2v) is 5.91. The van der Waals surface area contributed by atoms with Crippen LogP contribution in [0.5, 0.6) is 0 Å². The summed E-state index contributed by atoms with van der Waals surface area (Å²) < 4.78 is 15.3. The molecule has 0 spiro atoms. The monoisotopic (exact) mass is 333 g/mol. The summed E-state index contributed by atoms with van der Waals surface area (Å²) in [6.45, 7) is 0. The van der Waals surface area contributed by atoms with Crippen molar-refractivity contribution in [3.63, 3.8) is 0 Å². The van der Waals surface area contributed by atoms with Crippen molar-refractivity contribution < 1.29 is 4.39 Å². The molecule has 0 bridgehead atoms. The number of hydrogen-bond acceptors (Lipinski definition) is 4. The largest absolute Gasteiger partial charge is 0.363 e. The number of hydrogen-bond donors (Lipinski definition) is 0. The molecule has 0 saturated heterocycles. The lowest BCUT2D eigenvalue weighted by Crippen LogP contribution is -2.10. The first-order chi connectivity index (χ1) is 12.1. The fourth-order valence-corrected chi connectivity index (χ4v) is 2.77.